The number of hydrogen-bond acceptors (Lipinski definition) is 2. The van der Waals surface area contributed by atoms with Crippen LogP contribution in [0, 0.1) is 0 Å². The Morgan fingerprint density at radius 1 is 1.32 bits per heavy atom. The predicted octanol–water partition coefficient (Wildman–Crippen LogP) is 3.42. The van der Waals surface area contributed by atoms with Crippen LogP contribution in [0.2, 0.25) is 0 Å². The van der Waals surface area contributed by atoms with Gasteiger partial charge in [-0.3, -0.25) is 4.79 Å². The van der Waals surface area contributed by atoms with Crippen LogP contribution in [0.25, 0.3) is 0 Å². The summed E-state index contributed by atoms with van der Waals surface area (Å²) in [6, 6.07) is 11.2. The molecule has 1 saturated heterocycles. The van der Waals surface area contributed by atoms with Gasteiger partial charge in [0.15, 0.2) is 0 Å². The van der Waals surface area contributed by atoms with Gasteiger partial charge < -0.3 is 10.2 Å². The van der Waals surface area contributed by atoms with Gasteiger partial charge in [0.05, 0.1) is 0 Å². The van der Waals surface area contributed by atoms with E-state index < -0.39 is 0 Å². The third kappa shape index (κ3) is 5.29. The number of carbonyl (C=O) groups is 1. The van der Waals surface area contributed by atoms with Crippen molar-refractivity contribution >= 4 is 18.3 Å². The lowest BCUT2D eigenvalue weighted by molar-refractivity contribution is -0.133. The molecule has 2 rings (SSSR count). The molecule has 1 aliphatic heterocycles. The van der Waals surface area contributed by atoms with Crippen LogP contribution in [0.3, 0.4) is 0 Å². The van der Waals surface area contributed by atoms with Crippen LogP contribution in [0.15, 0.2) is 30.3 Å². The normalized spacial score (nSPS) is 18.5. The van der Waals surface area contributed by atoms with E-state index in [-0.39, 0.29) is 12.4 Å². The predicted molar refractivity (Wildman–Crippen MR) is 94.5 cm³/mol. The van der Waals surface area contributed by atoms with E-state index in [2.05, 4.69) is 48.3 Å². The Labute approximate surface area is 140 Å². The zero-order valence-electron chi connectivity index (χ0n) is 13.8. The molecule has 4 heteroatoms. The first-order chi connectivity index (χ1) is 10.2. The molecule has 0 saturated carbocycles. The van der Waals surface area contributed by atoms with Crippen LogP contribution in [0.1, 0.15) is 45.1 Å². The van der Waals surface area contributed by atoms with E-state index in [1.807, 2.05) is 6.07 Å². The molecule has 1 aliphatic rings. The number of amides is 1. The standard InChI is InChI=1S/C18H28N2O.ClH/c1-3-17(13-15-9-6-5-7-10-15)20(4-2)18(21)14-16-11-8-12-19-16;/h5-7,9-10,16-17,19H,3-4,8,11-14H2,1-2H3;1H. The van der Waals surface area contributed by atoms with Crippen LogP contribution in [0.5, 0.6) is 0 Å². The first-order valence-electron chi connectivity index (χ1n) is 8.31. The van der Waals surface area contributed by atoms with Crippen LogP contribution in [-0.4, -0.2) is 36.0 Å². The summed E-state index contributed by atoms with van der Waals surface area (Å²) >= 11 is 0. The van der Waals surface area contributed by atoms with Gasteiger partial charge in [-0.2, -0.15) is 0 Å². The smallest absolute Gasteiger partial charge is 0.224 e. The van der Waals surface area contributed by atoms with Gasteiger partial charge in [0.2, 0.25) is 5.91 Å². The third-order valence-electron chi connectivity index (χ3n) is 4.47. The molecule has 0 bridgehead atoms. The monoisotopic (exact) mass is 324 g/mol. The molecule has 0 aliphatic carbocycles. The van der Waals surface area contributed by atoms with Crippen molar-refractivity contribution in [2.75, 3.05) is 13.1 Å². The molecule has 1 fully saturated rings. The lowest BCUT2D eigenvalue weighted by atomic mass is 10.0. The molecule has 1 N–H and O–H groups in total. The van der Waals surface area contributed by atoms with Crippen LogP contribution < -0.4 is 5.32 Å². The van der Waals surface area contributed by atoms with Crippen molar-refractivity contribution in [3.63, 3.8) is 0 Å². The molecule has 1 aromatic carbocycles. The number of hydrogen-bond donors (Lipinski definition) is 1. The van der Waals surface area contributed by atoms with Gasteiger partial charge in [-0.05, 0) is 44.7 Å². The minimum Gasteiger partial charge on any atom is -0.340 e. The molecule has 0 aromatic heterocycles. The quantitative estimate of drug-likeness (QED) is 0.833. The first-order valence-corrected chi connectivity index (χ1v) is 8.31. The number of likely N-dealkylation sites (N-methyl/N-ethyl adjacent to an activating group) is 1. The molecule has 124 valence electrons. The Bertz CT molecular complexity index is 432. The molecule has 22 heavy (non-hydrogen) atoms. The average Bonchev–Trinajstić information content (AvgIpc) is 3.01. The van der Waals surface area contributed by atoms with Gasteiger partial charge in [0.1, 0.15) is 0 Å². The number of nitrogens with zero attached hydrogens (tertiary/aromatic N) is 1. The lowest BCUT2D eigenvalue weighted by Crippen LogP contribution is -2.43. The van der Waals surface area contributed by atoms with Gasteiger partial charge in [-0.15, -0.1) is 12.4 Å². The van der Waals surface area contributed by atoms with Crippen molar-refractivity contribution in [2.45, 2.75) is 58.0 Å². The topological polar surface area (TPSA) is 32.3 Å². The van der Waals surface area contributed by atoms with E-state index in [0.717, 1.165) is 32.4 Å². The van der Waals surface area contributed by atoms with Gasteiger partial charge in [0, 0.05) is 25.0 Å². The molecule has 3 nitrogen and oxygen atoms in total. The van der Waals surface area contributed by atoms with E-state index in [1.54, 1.807) is 0 Å². The summed E-state index contributed by atoms with van der Waals surface area (Å²) in [4.78, 5) is 14.7. The molecule has 1 heterocycles. The van der Waals surface area contributed by atoms with E-state index in [0.29, 0.717) is 24.4 Å². The van der Waals surface area contributed by atoms with Gasteiger partial charge in [-0.1, -0.05) is 37.3 Å². The second-order valence-electron chi connectivity index (χ2n) is 5.93. The molecule has 1 amide bonds. The maximum absolute atomic E-state index is 12.6. The summed E-state index contributed by atoms with van der Waals surface area (Å²) in [5, 5.41) is 3.43. The Morgan fingerprint density at radius 2 is 2.05 bits per heavy atom. The van der Waals surface area contributed by atoms with Gasteiger partial charge in [0.25, 0.3) is 0 Å². The van der Waals surface area contributed by atoms with Crippen molar-refractivity contribution in [1.82, 2.24) is 10.2 Å². The Hall–Kier alpha value is -1.06. The Morgan fingerprint density at radius 3 is 2.59 bits per heavy atom. The molecule has 2 atom stereocenters. The molecule has 1 aromatic rings. The van der Waals surface area contributed by atoms with E-state index >= 15 is 0 Å². The molecule has 2 unspecified atom stereocenters. The second-order valence-corrected chi connectivity index (χ2v) is 5.93. The Balaban J connectivity index is 0.00000242. The fourth-order valence-electron chi connectivity index (χ4n) is 3.26. The summed E-state index contributed by atoms with van der Waals surface area (Å²) < 4.78 is 0. The maximum atomic E-state index is 12.6. The summed E-state index contributed by atoms with van der Waals surface area (Å²) in [6.45, 7) is 6.13. The van der Waals surface area contributed by atoms with Crippen molar-refractivity contribution in [1.29, 1.82) is 0 Å². The highest BCUT2D eigenvalue weighted by Gasteiger charge is 2.25. The van der Waals surface area contributed by atoms with E-state index in [9.17, 15) is 4.79 Å². The lowest BCUT2D eigenvalue weighted by Gasteiger charge is -2.31. The van der Waals surface area contributed by atoms with Gasteiger partial charge in [-0.25, -0.2) is 0 Å². The highest BCUT2D eigenvalue weighted by atomic mass is 35.5. The van der Waals surface area contributed by atoms with Crippen LogP contribution in [-0.2, 0) is 11.2 Å². The third-order valence-corrected chi connectivity index (χ3v) is 4.47. The number of carbonyl (C=O) groups excluding carboxylic acids is 1. The van der Waals surface area contributed by atoms with Crippen molar-refractivity contribution in [3.05, 3.63) is 35.9 Å². The minimum atomic E-state index is 0. The van der Waals surface area contributed by atoms with Crippen LogP contribution >= 0.6 is 12.4 Å². The van der Waals surface area contributed by atoms with E-state index in [1.165, 1.54) is 12.0 Å². The number of benzene rings is 1. The zero-order chi connectivity index (χ0) is 15.1. The minimum absolute atomic E-state index is 0. The van der Waals surface area contributed by atoms with E-state index in [4.69, 9.17) is 0 Å². The highest BCUT2D eigenvalue weighted by molar-refractivity contribution is 5.85. The molecular formula is C18H29ClN2O. The zero-order valence-corrected chi connectivity index (χ0v) is 14.6. The van der Waals surface area contributed by atoms with Crippen molar-refractivity contribution < 1.29 is 4.79 Å². The first kappa shape index (κ1) is 19.0. The Kier molecular flexibility index (Phi) is 8.51. The van der Waals surface area contributed by atoms with Crippen LogP contribution in [0.4, 0.5) is 0 Å². The number of rotatable bonds is 7. The fraction of sp³-hybridized carbons (Fsp3) is 0.611. The van der Waals surface area contributed by atoms with Crippen molar-refractivity contribution in [3.8, 4) is 0 Å². The fourth-order valence-corrected chi connectivity index (χ4v) is 3.26. The largest absolute Gasteiger partial charge is 0.340 e. The average molecular weight is 325 g/mol. The molecular weight excluding hydrogens is 296 g/mol. The maximum Gasteiger partial charge on any atom is 0.224 e. The highest BCUT2D eigenvalue weighted by Crippen LogP contribution is 2.16. The molecule has 0 spiro atoms. The van der Waals surface area contributed by atoms with Gasteiger partial charge >= 0.3 is 0 Å². The number of halogens is 1. The number of nitrogens with one attached hydrogen (secondary N) is 1. The van der Waals surface area contributed by atoms with Crippen molar-refractivity contribution in [2.24, 2.45) is 0 Å². The molecule has 0 radical (unpaired) electrons. The summed E-state index contributed by atoms with van der Waals surface area (Å²) in [7, 11) is 0. The summed E-state index contributed by atoms with van der Waals surface area (Å²) in [6.07, 6.45) is 4.95. The SMILES string of the molecule is CCC(Cc1ccccc1)N(CC)C(=O)CC1CCCN1.Cl. The second kappa shape index (κ2) is 9.86. The summed E-state index contributed by atoms with van der Waals surface area (Å²) in [5.41, 5.74) is 1.31. The summed E-state index contributed by atoms with van der Waals surface area (Å²) in [5.74, 6) is 0.305.